The Hall–Kier alpha value is -2.83. The number of nitrogens with zero attached hydrogens (tertiary/aromatic N) is 1. The van der Waals surface area contributed by atoms with Crippen LogP contribution < -0.4 is 10.1 Å². The van der Waals surface area contributed by atoms with Crippen LogP contribution in [0.15, 0.2) is 48.5 Å². The maximum atomic E-state index is 12.2. The van der Waals surface area contributed by atoms with Crippen LogP contribution in [-0.2, 0) is 9.53 Å². The zero-order valence-corrected chi connectivity index (χ0v) is 16.4. The van der Waals surface area contributed by atoms with E-state index in [1.807, 2.05) is 0 Å². The van der Waals surface area contributed by atoms with Gasteiger partial charge in [0, 0.05) is 27.2 Å². The number of esters is 1. The molecule has 0 atom stereocenters. The number of anilines is 1. The SMILES string of the molecule is CCOC(=O)c1cc(OCC(=O)Nc2ccc(Cl)cc2)c2cc(Cl)ccc2n1. The minimum absolute atomic E-state index is 0.0878. The molecule has 1 amide bonds. The normalized spacial score (nSPS) is 10.5. The Balaban J connectivity index is 1.81. The fourth-order valence-electron chi connectivity index (χ4n) is 2.47. The highest BCUT2D eigenvalue weighted by atomic mass is 35.5. The number of carbonyl (C=O) groups is 2. The molecular formula is C20H16Cl2N2O4. The number of pyridine rings is 1. The largest absolute Gasteiger partial charge is 0.483 e. The number of rotatable bonds is 6. The van der Waals surface area contributed by atoms with E-state index in [4.69, 9.17) is 32.7 Å². The Morgan fingerprint density at radius 3 is 2.46 bits per heavy atom. The highest BCUT2D eigenvalue weighted by Gasteiger charge is 2.15. The van der Waals surface area contributed by atoms with Crippen molar-refractivity contribution < 1.29 is 19.1 Å². The third kappa shape index (κ3) is 4.91. The summed E-state index contributed by atoms with van der Waals surface area (Å²) in [5.41, 5.74) is 1.18. The second-order valence-electron chi connectivity index (χ2n) is 5.73. The summed E-state index contributed by atoms with van der Waals surface area (Å²) < 4.78 is 10.7. The monoisotopic (exact) mass is 418 g/mol. The van der Waals surface area contributed by atoms with E-state index in [2.05, 4.69) is 10.3 Å². The van der Waals surface area contributed by atoms with E-state index in [0.29, 0.717) is 32.4 Å². The van der Waals surface area contributed by atoms with Crippen LogP contribution in [0.3, 0.4) is 0 Å². The first kappa shape index (κ1) is 19.9. The third-order valence-electron chi connectivity index (χ3n) is 3.70. The summed E-state index contributed by atoms with van der Waals surface area (Å²) >= 11 is 11.9. The van der Waals surface area contributed by atoms with Crippen LogP contribution in [0, 0.1) is 0 Å². The Bertz CT molecular complexity index is 1020. The van der Waals surface area contributed by atoms with Crippen LogP contribution in [0.4, 0.5) is 5.69 Å². The predicted octanol–water partition coefficient (Wildman–Crippen LogP) is 4.74. The van der Waals surface area contributed by atoms with Crippen molar-refractivity contribution in [3.8, 4) is 5.75 Å². The number of hydrogen-bond donors (Lipinski definition) is 1. The van der Waals surface area contributed by atoms with Crippen LogP contribution in [-0.4, -0.2) is 30.1 Å². The number of amides is 1. The Labute approximate surface area is 171 Å². The van der Waals surface area contributed by atoms with E-state index < -0.39 is 5.97 Å². The number of hydrogen-bond acceptors (Lipinski definition) is 5. The van der Waals surface area contributed by atoms with Crippen molar-refractivity contribution in [2.45, 2.75) is 6.92 Å². The molecule has 0 bridgehead atoms. The van der Waals surface area contributed by atoms with Crippen molar-refractivity contribution in [2.24, 2.45) is 0 Å². The average Bonchev–Trinajstić information content (AvgIpc) is 2.68. The van der Waals surface area contributed by atoms with Gasteiger partial charge in [-0.25, -0.2) is 9.78 Å². The van der Waals surface area contributed by atoms with Crippen molar-refractivity contribution in [1.82, 2.24) is 4.98 Å². The number of ether oxygens (including phenoxy) is 2. The van der Waals surface area contributed by atoms with Gasteiger partial charge in [-0.1, -0.05) is 23.2 Å². The molecule has 3 rings (SSSR count). The number of aromatic nitrogens is 1. The fourth-order valence-corrected chi connectivity index (χ4v) is 2.77. The minimum atomic E-state index is -0.574. The van der Waals surface area contributed by atoms with E-state index in [9.17, 15) is 9.59 Å². The van der Waals surface area contributed by atoms with Crippen LogP contribution in [0.2, 0.25) is 10.0 Å². The predicted molar refractivity (Wildman–Crippen MR) is 108 cm³/mol. The minimum Gasteiger partial charge on any atom is -0.483 e. The molecule has 2 aromatic carbocycles. The molecule has 6 nitrogen and oxygen atoms in total. The van der Waals surface area contributed by atoms with Gasteiger partial charge in [-0.15, -0.1) is 0 Å². The number of halogens is 2. The first-order valence-corrected chi connectivity index (χ1v) is 9.17. The lowest BCUT2D eigenvalue weighted by molar-refractivity contribution is -0.118. The van der Waals surface area contributed by atoms with Crippen molar-refractivity contribution >= 4 is 51.7 Å². The Kier molecular flexibility index (Phi) is 6.34. The number of nitrogens with one attached hydrogen (secondary N) is 1. The Morgan fingerprint density at radius 1 is 1.04 bits per heavy atom. The average molecular weight is 419 g/mol. The molecule has 3 aromatic rings. The Morgan fingerprint density at radius 2 is 1.75 bits per heavy atom. The smallest absolute Gasteiger partial charge is 0.357 e. The summed E-state index contributed by atoms with van der Waals surface area (Å²) in [5.74, 6) is -0.636. The molecule has 144 valence electrons. The molecule has 1 heterocycles. The molecule has 1 N–H and O–H groups in total. The third-order valence-corrected chi connectivity index (χ3v) is 4.19. The summed E-state index contributed by atoms with van der Waals surface area (Å²) in [4.78, 5) is 28.5. The number of fused-ring (bicyclic) bond motifs is 1. The highest BCUT2D eigenvalue weighted by Crippen LogP contribution is 2.28. The van der Waals surface area contributed by atoms with Gasteiger partial charge < -0.3 is 14.8 Å². The van der Waals surface area contributed by atoms with Crippen molar-refractivity contribution in [3.63, 3.8) is 0 Å². The van der Waals surface area contributed by atoms with Gasteiger partial charge in [0.2, 0.25) is 0 Å². The lowest BCUT2D eigenvalue weighted by Gasteiger charge is -2.12. The van der Waals surface area contributed by atoms with E-state index in [-0.39, 0.29) is 24.8 Å². The molecule has 0 unspecified atom stereocenters. The second kappa shape index (κ2) is 8.91. The zero-order valence-electron chi connectivity index (χ0n) is 14.9. The fraction of sp³-hybridized carbons (Fsp3) is 0.150. The van der Waals surface area contributed by atoms with Gasteiger partial charge in [0.1, 0.15) is 5.75 Å². The van der Waals surface area contributed by atoms with Gasteiger partial charge in [0.25, 0.3) is 5.91 Å². The summed E-state index contributed by atoms with van der Waals surface area (Å²) in [6, 6.07) is 13.1. The van der Waals surface area contributed by atoms with E-state index in [0.717, 1.165) is 0 Å². The van der Waals surface area contributed by atoms with Gasteiger partial charge >= 0.3 is 5.97 Å². The first-order chi connectivity index (χ1) is 13.5. The molecule has 1 aromatic heterocycles. The lowest BCUT2D eigenvalue weighted by Crippen LogP contribution is -2.20. The van der Waals surface area contributed by atoms with Gasteiger partial charge in [-0.3, -0.25) is 4.79 Å². The number of carbonyl (C=O) groups excluding carboxylic acids is 2. The van der Waals surface area contributed by atoms with Crippen molar-refractivity contribution in [3.05, 3.63) is 64.3 Å². The van der Waals surface area contributed by atoms with Crippen LogP contribution in [0.5, 0.6) is 5.75 Å². The maximum Gasteiger partial charge on any atom is 0.357 e. The molecule has 0 saturated carbocycles. The van der Waals surface area contributed by atoms with Crippen molar-refractivity contribution in [2.75, 3.05) is 18.5 Å². The topological polar surface area (TPSA) is 77.5 Å². The highest BCUT2D eigenvalue weighted by molar-refractivity contribution is 6.31. The second-order valence-corrected chi connectivity index (χ2v) is 6.60. The van der Waals surface area contributed by atoms with Crippen LogP contribution in [0.25, 0.3) is 10.9 Å². The standard InChI is InChI=1S/C20H16Cl2N2O4/c1-2-27-20(26)17-10-18(15-9-13(22)5-8-16(15)24-17)28-11-19(25)23-14-6-3-12(21)4-7-14/h3-10H,2,11H2,1H3,(H,23,25). The molecule has 8 heteroatoms. The van der Waals surface area contributed by atoms with Gasteiger partial charge in [-0.2, -0.15) is 0 Å². The number of benzene rings is 2. The summed E-state index contributed by atoms with van der Waals surface area (Å²) in [6.45, 7) is 1.66. The van der Waals surface area contributed by atoms with Gasteiger partial charge in [0.15, 0.2) is 12.3 Å². The molecule has 0 aliphatic carbocycles. The molecule has 0 radical (unpaired) electrons. The summed E-state index contributed by atoms with van der Waals surface area (Å²) in [6.07, 6.45) is 0. The van der Waals surface area contributed by atoms with Gasteiger partial charge in [-0.05, 0) is 49.4 Å². The summed E-state index contributed by atoms with van der Waals surface area (Å²) in [5, 5.41) is 4.33. The summed E-state index contributed by atoms with van der Waals surface area (Å²) in [7, 11) is 0. The molecule has 0 fully saturated rings. The van der Waals surface area contributed by atoms with Crippen LogP contribution >= 0.6 is 23.2 Å². The first-order valence-electron chi connectivity index (χ1n) is 8.42. The van der Waals surface area contributed by atoms with Crippen molar-refractivity contribution in [1.29, 1.82) is 0 Å². The molecule has 0 saturated heterocycles. The molecule has 28 heavy (non-hydrogen) atoms. The van der Waals surface area contributed by atoms with Gasteiger partial charge in [0.05, 0.1) is 12.1 Å². The molecular weight excluding hydrogens is 403 g/mol. The lowest BCUT2D eigenvalue weighted by atomic mass is 10.2. The molecule has 0 aliphatic rings. The zero-order chi connectivity index (χ0) is 20.1. The maximum absolute atomic E-state index is 12.2. The quantitative estimate of drug-likeness (QED) is 0.585. The molecule has 0 spiro atoms. The molecule has 0 aliphatic heterocycles. The van der Waals surface area contributed by atoms with E-state index >= 15 is 0 Å². The van der Waals surface area contributed by atoms with E-state index in [1.165, 1.54) is 6.07 Å². The van der Waals surface area contributed by atoms with Crippen LogP contribution in [0.1, 0.15) is 17.4 Å². The van der Waals surface area contributed by atoms with E-state index in [1.54, 1.807) is 49.4 Å².